The molecule has 1 aromatic carbocycles. The summed E-state index contributed by atoms with van der Waals surface area (Å²) in [6.45, 7) is 6.34. The van der Waals surface area contributed by atoms with Crippen molar-refractivity contribution in [2.45, 2.75) is 39.7 Å². The van der Waals surface area contributed by atoms with Crippen LogP contribution in [0.15, 0.2) is 18.2 Å². The van der Waals surface area contributed by atoms with E-state index in [1.165, 1.54) is 0 Å². The van der Waals surface area contributed by atoms with Crippen LogP contribution in [0.25, 0.3) is 11.0 Å². The van der Waals surface area contributed by atoms with Gasteiger partial charge >= 0.3 is 6.03 Å². The number of hydrogen-bond donors (Lipinski definition) is 1. The quantitative estimate of drug-likeness (QED) is 0.898. The molecule has 3 amide bonds. The molecule has 0 bridgehead atoms. The van der Waals surface area contributed by atoms with Crippen LogP contribution in [-0.2, 0) is 17.8 Å². The van der Waals surface area contributed by atoms with Gasteiger partial charge in [-0.1, -0.05) is 6.92 Å². The molecule has 2 aromatic rings. The van der Waals surface area contributed by atoms with Crippen LogP contribution in [0.1, 0.15) is 32.5 Å². The van der Waals surface area contributed by atoms with Gasteiger partial charge in [0, 0.05) is 51.8 Å². The minimum Gasteiger partial charge on any atom is -0.331 e. The van der Waals surface area contributed by atoms with Gasteiger partial charge in [-0.3, -0.25) is 4.79 Å². The first-order valence-corrected chi connectivity index (χ1v) is 9.70. The number of imidazole rings is 1. The fourth-order valence-corrected chi connectivity index (χ4v) is 3.74. The number of nitrogens with zero attached hydrogens (tertiary/aromatic N) is 4. The van der Waals surface area contributed by atoms with E-state index in [2.05, 4.69) is 23.7 Å². The molecule has 0 atom stereocenters. The Morgan fingerprint density at radius 1 is 1.22 bits per heavy atom. The average molecular weight is 371 g/mol. The molecule has 0 radical (unpaired) electrons. The first-order valence-electron chi connectivity index (χ1n) is 9.70. The van der Waals surface area contributed by atoms with Crippen molar-refractivity contribution in [2.24, 2.45) is 5.92 Å². The van der Waals surface area contributed by atoms with Crippen LogP contribution in [0.3, 0.4) is 0 Å². The van der Waals surface area contributed by atoms with Crippen molar-refractivity contribution in [3.05, 3.63) is 24.0 Å². The number of piperidine rings is 1. The van der Waals surface area contributed by atoms with Gasteiger partial charge < -0.3 is 19.7 Å². The number of aryl methyl sites for hydroxylation is 2. The van der Waals surface area contributed by atoms with E-state index in [0.29, 0.717) is 25.9 Å². The Hall–Kier alpha value is -2.57. The maximum absolute atomic E-state index is 12.6. The zero-order valence-corrected chi connectivity index (χ0v) is 16.7. The zero-order valence-electron chi connectivity index (χ0n) is 16.7. The van der Waals surface area contributed by atoms with Gasteiger partial charge in [0.15, 0.2) is 0 Å². The highest BCUT2D eigenvalue weighted by atomic mass is 16.2. The first kappa shape index (κ1) is 19.2. The molecule has 7 heteroatoms. The topological polar surface area (TPSA) is 70.5 Å². The molecule has 146 valence electrons. The molecule has 3 rings (SSSR count). The van der Waals surface area contributed by atoms with Crippen LogP contribution in [0.4, 0.5) is 10.5 Å². The number of carbonyl (C=O) groups excluding carboxylic acids is 2. The van der Waals surface area contributed by atoms with E-state index in [0.717, 1.165) is 35.5 Å². The van der Waals surface area contributed by atoms with Crippen molar-refractivity contribution in [3.8, 4) is 0 Å². The molecule has 0 aliphatic carbocycles. The summed E-state index contributed by atoms with van der Waals surface area (Å²) in [7, 11) is 3.50. The largest absolute Gasteiger partial charge is 0.331 e. The second kappa shape index (κ2) is 7.98. The van der Waals surface area contributed by atoms with Gasteiger partial charge in [-0.05, 0) is 38.0 Å². The number of likely N-dealkylation sites (tertiary alicyclic amines) is 1. The van der Waals surface area contributed by atoms with Crippen LogP contribution >= 0.6 is 0 Å². The molecule has 1 fully saturated rings. The molecule has 1 aliphatic heterocycles. The Morgan fingerprint density at radius 2 is 1.93 bits per heavy atom. The fourth-order valence-electron chi connectivity index (χ4n) is 3.74. The highest BCUT2D eigenvalue weighted by Crippen LogP contribution is 2.23. The van der Waals surface area contributed by atoms with E-state index >= 15 is 0 Å². The lowest BCUT2D eigenvalue weighted by molar-refractivity contribution is -0.121. The number of amides is 3. The Bertz CT molecular complexity index is 834. The van der Waals surface area contributed by atoms with Crippen molar-refractivity contribution < 1.29 is 9.59 Å². The first-order chi connectivity index (χ1) is 12.9. The predicted octanol–water partition coefficient (Wildman–Crippen LogP) is 2.95. The summed E-state index contributed by atoms with van der Waals surface area (Å²) < 4.78 is 2.21. The summed E-state index contributed by atoms with van der Waals surface area (Å²) in [4.78, 5) is 32.7. The molecule has 7 nitrogen and oxygen atoms in total. The minimum atomic E-state index is -0.0636. The van der Waals surface area contributed by atoms with E-state index in [-0.39, 0.29) is 17.9 Å². The molecule has 27 heavy (non-hydrogen) atoms. The Labute approximate surface area is 160 Å². The van der Waals surface area contributed by atoms with Gasteiger partial charge in [0.25, 0.3) is 0 Å². The Balaban J connectivity index is 1.65. The van der Waals surface area contributed by atoms with E-state index in [9.17, 15) is 9.59 Å². The van der Waals surface area contributed by atoms with Crippen molar-refractivity contribution in [1.29, 1.82) is 0 Å². The molecule has 1 N–H and O–H groups in total. The highest BCUT2D eigenvalue weighted by molar-refractivity contribution is 5.94. The summed E-state index contributed by atoms with van der Waals surface area (Å²) in [5.41, 5.74) is 2.79. The second-order valence-electron chi connectivity index (χ2n) is 7.26. The molecule has 1 aliphatic rings. The lowest BCUT2D eigenvalue weighted by atomic mass is 9.96. The summed E-state index contributed by atoms with van der Waals surface area (Å²) in [6.07, 6.45) is 2.27. The van der Waals surface area contributed by atoms with Crippen LogP contribution in [-0.4, -0.2) is 58.5 Å². The lowest BCUT2D eigenvalue weighted by Crippen LogP contribution is -2.45. The summed E-state index contributed by atoms with van der Waals surface area (Å²) in [5, 5.41) is 3.03. The van der Waals surface area contributed by atoms with Gasteiger partial charge in [0.1, 0.15) is 5.82 Å². The average Bonchev–Trinajstić information content (AvgIpc) is 3.04. The SMILES string of the molecule is CCc1nc2cc(NC(=O)C3CCN(C(=O)N(C)C)CC3)ccc2n1CC. The standard InChI is InChI=1S/C20H29N5O2/c1-5-18-22-16-13-15(7-8-17(16)25(18)6-2)21-19(26)14-9-11-24(12-10-14)20(27)23(3)4/h7-8,13-14H,5-6,9-12H2,1-4H3,(H,21,26). The van der Waals surface area contributed by atoms with Crippen LogP contribution in [0, 0.1) is 5.92 Å². The third-order valence-corrected chi connectivity index (χ3v) is 5.25. The van der Waals surface area contributed by atoms with Gasteiger partial charge in [-0.25, -0.2) is 9.78 Å². The molecule has 1 aromatic heterocycles. The molecule has 0 saturated carbocycles. The van der Waals surface area contributed by atoms with Crippen molar-refractivity contribution in [3.63, 3.8) is 0 Å². The van der Waals surface area contributed by atoms with E-state index in [1.54, 1.807) is 23.9 Å². The molecular formula is C20H29N5O2. The molecular weight excluding hydrogens is 342 g/mol. The lowest BCUT2D eigenvalue weighted by Gasteiger charge is -2.33. The molecule has 2 heterocycles. The summed E-state index contributed by atoms with van der Waals surface area (Å²) in [6, 6.07) is 5.93. The van der Waals surface area contributed by atoms with Crippen molar-refractivity contribution in [2.75, 3.05) is 32.5 Å². The Morgan fingerprint density at radius 3 is 2.52 bits per heavy atom. The van der Waals surface area contributed by atoms with Gasteiger partial charge in [0.2, 0.25) is 5.91 Å². The number of benzene rings is 1. The van der Waals surface area contributed by atoms with Gasteiger partial charge in [-0.15, -0.1) is 0 Å². The van der Waals surface area contributed by atoms with Gasteiger partial charge in [-0.2, -0.15) is 0 Å². The smallest absolute Gasteiger partial charge is 0.319 e. The van der Waals surface area contributed by atoms with Crippen LogP contribution in [0.2, 0.25) is 0 Å². The maximum Gasteiger partial charge on any atom is 0.319 e. The van der Waals surface area contributed by atoms with Crippen molar-refractivity contribution in [1.82, 2.24) is 19.4 Å². The number of anilines is 1. The van der Waals surface area contributed by atoms with E-state index in [1.807, 2.05) is 18.2 Å². The predicted molar refractivity (Wildman–Crippen MR) is 107 cm³/mol. The number of fused-ring (bicyclic) bond motifs is 1. The summed E-state index contributed by atoms with van der Waals surface area (Å²) >= 11 is 0. The second-order valence-corrected chi connectivity index (χ2v) is 7.26. The molecule has 1 saturated heterocycles. The third kappa shape index (κ3) is 3.91. The number of carbonyl (C=O) groups is 2. The number of urea groups is 1. The highest BCUT2D eigenvalue weighted by Gasteiger charge is 2.28. The van der Waals surface area contributed by atoms with Crippen LogP contribution < -0.4 is 5.32 Å². The molecule has 0 spiro atoms. The summed E-state index contributed by atoms with van der Waals surface area (Å²) in [5.74, 6) is 1.03. The number of rotatable bonds is 4. The monoisotopic (exact) mass is 371 g/mol. The van der Waals surface area contributed by atoms with E-state index < -0.39 is 0 Å². The number of nitrogens with one attached hydrogen (secondary N) is 1. The normalized spacial score (nSPS) is 15.2. The van der Waals surface area contributed by atoms with Crippen molar-refractivity contribution >= 4 is 28.7 Å². The molecule has 0 unspecified atom stereocenters. The number of hydrogen-bond acceptors (Lipinski definition) is 3. The fraction of sp³-hybridized carbons (Fsp3) is 0.550. The zero-order chi connectivity index (χ0) is 19.6. The Kier molecular flexibility index (Phi) is 5.68. The minimum absolute atomic E-state index is 0.0116. The maximum atomic E-state index is 12.6. The van der Waals surface area contributed by atoms with E-state index in [4.69, 9.17) is 4.98 Å². The van der Waals surface area contributed by atoms with Crippen LogP contribution in [0.5, 0.6) is 0 Å². The van der Waals surface area contributed by atoms with Gasteiger partial charge in [0.05, 0.1) is 11.0 Å². The number of aromatic nitrogens is 2. The third-order valence-electron chi connectivity index (χ3n) is 5.25.